The van der Waals surface area contributed by atoms with E-state index in [2.05, 4.69) is 20.3 Å². The molecule has 0 unspecified atom stereocenters. The summed E-state index contributed by atoms with van der Waals surface area (Å²) in [5.74, 6) is 0.672. The molecule has 2 aromatic heterocycles. The Kier molecular flexibility index (Phi) is 3.93. The summed E-state index contributed by atoms with van der Waals surface area (Å²) in [7, 11) is 0. The Hall–Kier alpha value is -1.62. The zero-order valence-corrected chi connectivity index (χ0v) is 10.7. The molecule has 5 heteroatoms. The van der Waals surface area contributed by atoms with Crippen LogP contribution in [-0.2, 0) is 0 Å². The summed E-state index contributed by atoms with van der Waals surface area (Å²) in [6.45, 7) is 4.80. The molecule has 0 aromatic carbocycles. The molecule has 2 aromatic rings. The molecule has 2 rings (SSSR count). The number of nitrogens with one attached hydrogen (secondary N) is 1. The summed E-state index contributed by atoms with van der Waals surface area (Å²) in [5, 5.41) is 4.97. The fourth-order valence-corrected chi connectivity index (χ4v) is 2.18. The predicted octanol–water partition coefficient (Wildman–Crippen LogP) is 2.76. The molecule has 17 heavy (non-hydrogen) atoms. The summed E-state index contributed by atoms with van der Waals surface area (Å²) in [6, 6.07) is 7.79. The lowest BCUT2D eigenvalue weighted by Crippen LogP contribution is -2.03. The lowest BCUT2D eigenvalue weighted by atomic mass is 10.5. The first-order valence-electron chi connectivity index (χ1n) is 5.46. The quantitative estimate of drug-likeness (QED) is 0.841. The Morgan fingerprint density at radius 3 is 2.82 bits per heavy atom. The smallest absolute Gasteiger partial charge is 0.223 e. The highest BCUT2D eigenvalue weighted by molar-refractivity contribution is 7.99. The van der Waals surface area contributed by atoms with E-state index in [1.165, 1.54) is 11.8 Å². The van der Waals surface area contributed by atoms with Crippen molar-refractivity contribution in [1.82, 2.24) is 15.0 Å². The van der Waals surface area contributed by atoms with Crippen molar-refractivity contribution in [3.05, 3.63) is 36.2 Å². The maximum atomic E-state index is 4.42. The van der Waals surface area contributed by atoms with Gasteiger partial charge >= 0.3 is 0 Å². The summed E-state index contributed by atoms with van der Waals surface area (Å²) < 4.78 is 0. The molecule has 4 nitrogen and oxygen atoms in total. The number of anilines is 1. The summed E-state index contributed by atoms with van der Waals surface area (Å²) in [4.78, 5) is 13.0. The average Bonchev–Trinajstić information content (AvgIpc) is 2.30. The third kappa shape index (κ3) is 3.42. The van der Waals surface area contributed by atoms with Gasteiger partial charge in [-0.3, -0.25) is 0 Å². The third-order valence-electron chi connectivity index (χ3n) is 2.01. The van der Waals surface area contributed by atoms with E-state index < -0.39 is 0 Å². The monoisotopic (exact) mass is 246 g/mol. The van der Waals surface area contributed by atoms with Crippen LogP contribution in [0.3, 0.4) is 0 Å². The molecular formula is C12H14N4S. The number of nitrogens with zero attached hydrogens (tertiary/aromatic N) is 3. The Bertz CT molecular complexity index is 487. The Balaban J connectivity index is 2.21. The standard InChI is InChI=1S/C12H14N4S/c1-3-13-12-15-9(2)8-11(16-12)17-10-6-4-5-7-14-10/h4-8H,3H2,1-2H3,(H,13,15,16). The molecule has 0 aliphatic heterocycles. The number of rotatable bonds is 4. The van der Waals surface area contributed by atoms with Crippen LogP contribution in [0, 0.1) is 6.92 Å². The number of hydrogen-bond donors (Lipinski definition) is 1. The largest absolute Gasteiger partial charge is 0.354 e. The van der Waals surface area contributed by atoms with Crippen molar-refractivity contribution in [2.24, 2.45) is 0 Å². The minimum atomic E-state index is 0.672. The van der Waals surface area contributed by atoms with Gasteiger partial charge in [-0.25, -0.2) is 15.0 Å². The molecule has 0 amide bonds. The maximum absolute atomic E-state index is 4.42. The van der Waals surface area contributed by atoms with Crippen LogP contribution in [0.2, 0.25) is 0 Å². The van der Waals surface area contributed by atoms with Crippen molar-refractivity contribution >= 4 is 17.7 Å². The summed E-state index contributed by atoms with van der Waals surface area (Å²) in [5.41, 5.74) is 0.953. The first-order valence-corrected chi connectivity index (χ1v) is 6.28. The van der Waals surface area contributed by atoms with Gasteiger partial charge in [-0.05, 0) is 43.8 Å². The molecule has 0 fully saturated rings. The molecule has 0 spiro atoms. The molecule has 0 saturated carbocycles. The molecule has 0 atom stereocenters. The molecule has 1 N–H and O–H groups in total. The topological polar surface area (TPSA) is 50.7 Å². The fourth-order valence-electron chi connectivity index (χ4n) is 1.34. The van der Waals surface area contributed by atoms with Crippen molar-refractivity contribution in [2.45, 2.75) is 23.9 Å². The van der Waals surface area contributed by atoms with E-state index >= 15 is 0 Å². The maximum Gasteiger partial charge on any atom is 0.223 e. The van der Waals surface area contributed by atoms with Crippen LogP contribution in [-0.4, -0.2) is 21.5 Å². The lowest BCUT2D eigenvalue weighted by Gasteiger charge is -2.05. The van der Waals surface area contributed by atoms with Gasteiger partial charge in [0, 0.05) is 18.4 Å². The van der Waals surface area contributed by atoms with Crippen LogP contribution in [0.5, 0.6) is 0 Å². The van der Waals surface area contributed by atoms with Crippen LogP contribution >= 0.6 is 11.8 Å². The van der Waals surface area contributed by atoms with Crippen LogP contribution in [0.15, 0.2) is 40.5 Å². The minimum absolute atomic E-state index is 0.672. The molecular weight excluding hydrogens is 232 g/mol. The number of hydrogen-bond acceptors (Lipinski definition) is 5. The fraction of sp³-hybridized carbons (Fsp3) is 0.250. The van der Waals surface area contributed by atoms with Crippen LogP contribution in [0.25, 0.3) is 0 Å². The van der Waals surface area contributed by atoms with Gasteiger partial charge in [-0.1, -0.05) is 6.07 Å². The van der Waals surface area contributed by atoms with Crippen molar-refractivity contribution in [2.75, 3.05) is 11.9 Å². The zero-order chi connectivity index (χ0) is 12.1. The van der Waals surface area contributed by atoms with Gasteiger partial charge in [0.25, 0.3) is 0 Å². The highest BCUT2D eigenvalue weighted by atomic mass is 32.2. The third-order valence-corrected chi connectivity index (χ3v) is 2.88. The van der Waals surface area contributed by atoms with Crippen LogP contribution in [0.1, 0.15) is 12.6 Å². The van der Waals surface area contributed by atoms with Gasteiger partial charge in [0.15, 0.2) is 0 Å². The van der Waals surface area contributed by atoms with Gasteiger partial charge in [0.05, 0.1) is 0 Å². The van der Waals surface area contributed by atoms with Crippen molar-refractivity contribution < 1.29 is 0 Å². The molecule has 2 heterocycles. The van der Waals surface area contributed by atoms with E-state index in [4.69, 9.17) is 0 Å². The molecule has 88 valence electrons. The van der Waals surface area contributed by atoms with Crippen molar-refractivity contribution in [3.63, 3.8) is 0 Å². The lowest BCUT2D eigenvalue weighted by molar-refractivity contribution is 0.981. The second-order valence-corrected chi connectivity index (χ2v) is 4.51. The van der Waals surface area contributed by atoms with Gasteiger partial charge in [-0.15, -0.1) is 0 Å². The summed E-state index contributed by atoms with van der Waals surface area (Å²) in [6.07, 6.45) is 1.78. The highest BCUT2D eigenvalue weighted by Crippen LogP contribution is 2.24. The first kappa shape index (κ1) is 11.9. The van der Waals surface area contributed by atoms with Crippen LogP contribution < -0.4 is 5.32 Å². The van der Waals surface area contributed by atoms with E-state index in [-0.39, 0.29) is 0 Å². The molecule has 0 bridgehead atoms. The second kappa shape index (κ2) is 5.63. The molecule has 0 aliphatic carbocycles. The Labute approximate surface area is 105 Å². The molecule has 0 aliphatic rings. The van der Waals surface area contributed by atoms with Gasteiger partial charge in [-0.2, -0.15) is 0 Å². The predicted molar refractivity (Wildman–Crippen MR) is 69.3 cm³/mol. The van der Waals surface area contributed by atoms with Gasteiger partial charge in [0.2, 0.25) is 5.95 Å². The molecule has 0 saturated heterocycles. The number of aromatic nitrogens is 3. The van der Waals surface area contributed by atoms with E-state index in [9.17, 15) is 0 Å². The van der Waals surface area contributed by atoms with Gasteiger partial charge in [0.1, 0.15) is 10.1 Å². The van der Waals surface area contributed by atoms with Crippen molar-refractivity contribution in [1.29, 1.82) is 0 Å². The van der Waals surface area contributed by atoms with Crippen LogP contribution in [0.4, 0.5) is 5.95 Å². The number of aryl methyl sites for hydroxylation is 1. The first-order chi connectivity index (χ1) is 8.28. The normalized spacial score (nSPS) is 10.2. The highest BCUT2D eigenvalue weighted by Gasteiger charge is 2.03. The Morgan fingerprint density at radius 1 is 1.24 bits per heavy atom. The average molecular weight is 246 g/mol. The van der Waals surface area contributed by atoms with Gasteiger partial charge < -0.3 is 5.32 Å². The zero-order valence-electron chi connectivity index (χ0n) is 9.84. The molecule has 0 radical (unpaired) electrons. The Morgan fingerprint density at radius 2 is 2.12 bits per heavy atom. The van der Waals surface area contributed by atoms with E-state index in [1.54, 1.807) is 6.20 Å². The SMILES string of the molecule is CCNc1nc(C)cc(Sc2ccccn2)n1. The minimum Gasteiger partial charge on any atom is -0.354 e. The van der Waals surface area contributed by atoms with E-state index in [1.807, 2.05) is 38.1 Å². The summed E-state index contributed by atoms with van der Waals surface area (Å²) >= 11 is 1.54. The van der Waals surface area contributed by atoms with Crippen molar-refractivity contribution in [3.8, 4) is 0 Å². The number of pyridine rings is 1. The second-order valence-electron chi connectivity index (χ2n) is 3.47. The van der Waals surface area contributed by atoms with E-state index in [0.29, 0.717) is 5.95 Å². The van der Waals surface area contributed by atoms with E-state index in [0.717, 1.165) is 22.3 Å².